The van der Waals surface area contributed by atoms with Gasteiger partial charge in [0.05, 0.1) is 5.88 Å². The highest BCUT2D eigenvalue weighted by Crippen LogP contribution is 2.33. The van der Waals surface area contributed by atoms with Gasteiger partial charge in [0.25, 0.3) is 0 Å². The molecular weight excluding hydrogens is 268 g/mol. The number of nitrogens with zero attached hydrogens (tertiary/aromatic N) is 1. The second-order valence-electron chi connectivity index (χ2n) is 4.89. The van der Waals surface area contributed by atoms with Crippen LogP contribution in [0.15, 0.2) is 0 Å². The Labute approximate surface area is 115 Å². The number of thioether (sulfide) groups is 1. The van der Waals surface area contributed by atoms with Crippen LogP contribution in [0.3, 0.4) is 0 Å². The van der Waals surface area contributed by atoms with E-state index in [2.05, 4.69) is 5.32 Å². The molecule has 2 N–H and O–H groups in total. The highest BCUT2D eigenvalue weighted by atomic mass is 32.2. The van der Waals surface area contributed by atoms with Crippen molar-refractivity contribution in [3.05, 3.63) is 0 Å². The Kier molecular flexibility index (Phi) is 4.34. The average Bonchev–Trinajstić information content (AvgIpc) is 3.09. The molecule has 2 atom stereocenters. The Morgan fingerprint density at radius 1 is 1.42 bits per heavy atom. The van der Waals surface area contributed by atoms with E-state index in [4.69, 9.17) is 5.11 Å². The Morgan fingerprint density at radius 2 is 2.11 bits per heavy atom. The molecule has 19 heavy (non-hydrogen) atoms. The lowest BCUT2D eigenvalue weighted by atomic mass is 10.1. The number of carboxylic acids is 1. The third-order valence-corrected chi connectivity index (χ3v) is 4.48. The van der Waals surface area contributed by atoms with E-state index in [0.29, 0.717) is 18.1 Å². The summed E-state index contributed by atoms with van der Waals surface area (Å²) in [6.45, 7) is 1.75. The molecule has 1 saturated heterocycles. The van der Waals surface area contributed by atoms with Gasteiger partial charge in [-0.1, -0.05) is 6.92 Å². The Hall–Kier alpha value is -1.24. The summed E-state index contributed by atoms with van der Waals surface area (Å²) in [5.74, 6) is -0.309. The van der Waals surface area contributed by atoms with E-state index < -0.39 is 18.1 Å². The lowest BCUT2D eigenvalue weighted by Gasteiger charge is -2.24. The first kappa shape index (κ1) is 14.2. The Morgan fingerprint density at radius 3 is 2.63 bits per heavy atom. The molecule has 0 aromatic rings. The van der Waals surface area contributed by atoms with Crippen molar-refractivity contribution in [3.8, 4) is 0 Å². The number of amides is 2. The molecule has 1 heterocycles. The maximum absolute atomic E-state index is 12.1. The summed E-state index contributed by atoms with van der Waals surface area (Å²) in [4.78, 5) is 36.5. The molecule has 2 rings (SSSR count). The van der Waals surface area contributed by atoms with Crippen LogP contribution in [0.2, 0.25) is 0 Å². The molecular formula is C12H18N2O4S. The number of hydrogen-bond acceptors (Lipinski definition) is 4. The van der Waals surface area contributed by atoms with Gasteiger partial charge in [-0.25, -0.2) is 4.79 Å². The zero-order chi connectivity index (χ0) is 14.0. The molecule has 106 valence electrons. The van der Waals surface area contributed by atoms with Crippen molar-refractivity contribution >= 4 is 29.5 Å². The topological polar surface area (TPSA) is 86.7 Å². The van der Waals surface area contributed by atoms with Crippen molar-refractivity contribution in [1.82, 2.24) is 10.2 Å². The fourth-order valence-electron chi connectivity index (χ4n) is 2.17. The van der Waals surface area contributed by atoms with Gasteiger partial charge in [0, 0.05) is 12.2 Å². The van der Waals surface area contributed by atoms with Crippen LogP contribution in [0, 0.1) is 5.92 Å². The third kappa shape index (κ3) is 3.20. The van der Waals surface area contributed by atoms with Crippen LogP contribution in [0.1, 0.15) is 26.2 Å². The van der Waals surface area contributed by atoms with E-state index >= 15 is 0 Å². The minimum atomic E-state index is -0.991. The van der Waals surface area contributed by atoms with Crippen molar-refractivity contribution in [1.29, 1.82) is 0 Å². The van der Waals surface area contributed by atoms with Gasteiger partial charge in [-0.3, -0.25) is 9.59 Å². The molecule has 7 heteroatoms. The number of carbonyl (C=O) groups excluding carboxylic acids is 2. The minimum Gasteiger partial charge on any atom is -0.480 e. The van der Waals surface area contributed by atoms with E-state index in [1.54, 1.807) is 6.92 Å². The molecule has 0 bridgehead atoms. The maximum atomic E-state index is 12.1. The molecule has 2 unspecified atom stereocenters. The van der Waals surface area contributed by atoms with Crippen LogP contribution < -0.4 is 5.32 Å². The zero-order valence-electron chi connectivity index (χ0n) is 10.8. The Bertz CT molecular complexity index is 397. The van der Waals surface area contributed by atoms with Crippen molar-refractivity contribution in [2.75, 3.05) is 11.6 Å². The zero-order valence-corrected chi connectivity index (χ0v) is 11.6. The van der Waals surface area contributed by atoms with Crippen LogP contribution in [0.25, 0.3) is 0 Å². The first-order chi connectivity index (χ1) is 9.04. The minimum absolute atomic E-state index is 0.0471. The molecule has 2 amide bonds. The predicted octanol–water partition coefficient (Wildman–Crippen LogP) is 0.277. The second kappa shape index (κ2) is 5.81. The fraction of sp³-hybridized carbons (Fsp3) is 0.750. The molecule has 2 aliphatic rings. The Balaban J connectivity index is 1.98. The molecule has 6 nitrogen and oxygen atoms in total. The standard InChI is InChI=1S/C12H18N2O4S/c1-2-9(15)14-6-19-5-8(14)11(16)13-10(12(17)18)7-3-4-7/h7-8,10H,2-6H2,1H3,(H,13,16)(H,17,18). The summed E-state index contributed by atoms with van der Waals surface area (Å²) < 4.78 is 0. The molecule has 0 aromatic heterocycles. The number of nitrogens with one attached hydrogen (secondary N) is 1. The van der Waals surface area contributed by atoms with Gasteiger partial charge < -0.3 is 15.3 Å². The van der Waals surface area contributed by atoms with Gasteiger partial charge in [0.1, 0.15) is 12.1 Å². The van der Waals surface area contributed by atoms with Gasteiger partial charge >= 0.3 is 5.97 Å². The summed E-state index contributed by atoms with van der Waals surface area (Å²) >= 11 is 1.52. The molecule has 1 saturated carbocycles. The van der Waals surface area contributed by atoms with E-state index in [1.807, 2.05) is 0 Å². The number of rotatable bonds is 5. The largest absolute Gasteiger partial charge is 0.480 e. The summed E-state index contributed by atoms with van der Waals surface area (Å²) in [6.07, 6.45) is 2.04. The average molecular weight is 286 g/mol. The van der Waals surface area contributed by atoms with Gasteiger partial charge in [-0.05, 0) is 18.8 Å². The van der Waals surface area contributed by atoms with Crippen molar-refractivity contribution in [2.24, 2.45) is 5.92 Å². The maximum Gasteiger partial charge on any atom is 0.326 e. The highest BCUT2D eigenvalue weighted by molar-refractivity contribution is 7.99. The van der Waals surface area contributed by atoms with Crippen LogP contribution >= 0.6 is 11.8 Å². The van der Waals surface area contributed by atoms with Crippen molar-refractivity contribution in [2.45, 2.75) is 38.3 Å². The monoisotopic (exact) mass is 286 g/mol. The molecule has 1 aliphatic heterocycles. The van der Waals surface area contributed by atoms with Crippen LogP contribution in [-0.4, -0.2) is 51.5 Å². The summed E-state index contributed by atoms with van der Waals surface area (Å²) in [6, 6.07) is -1.34. The fourth-order valence-corrected chi connectivity index (χ4v) is 3.35. The van der Waals surface area contributed by atoms with Crippen molar-refractivity contribution < 1.29 is 19.5 Å². The quantitative estimate of drug-likeness (QED) is 0.758. The van der Waals surface area contributed by atoms with Crippen LogP contribution in [0.5, 0.6) is 0 Å². The van der Waals surface area contributed by atoms with Crippen LogP contribution in [0.4, 0.5) is 0 Å². The van der Waals surface area contributed by atoms with Gasteiger partial charge in [-0.2, -0.15) is 0 Å². The lowest BCUT2D eigenvalue weighted by molar-refractivity contribution is -0.144. The summed E-state index contributed by atoms with van der Waals surface area (Å²) in [7, 11) is 0. The van der Waals surface area contributed by atoms with Gasteiger partial charge in [-0.15, -0.1) is 11.8 Å². The van der Waals surface area contributed by atoms with Gasteiger partial charge in [0.2, 0.25) is 11.8 Å². The molecule has 1 aliphatic carbocycles. The number of aliphatic carboxylic acids is 1. The molecule has 0 spiro atoms. The summed E-state index contributed by atoms with van der Waals surface area (Å²) in [5.41, 5.74) is 0. The molecule has 2 fully saturated rings. The van der Waals surface area contributed by atoms with Crippen molar-refractivity contribution in [3.63, 3.8) is 0 Å². The normalized spacial score (nSPS) is 24.1. The lowest BCUT2D eigenvalue weighted by Crippen LogP contribution is -2.52. The number of carbonyl (C=O) groups is 3. The smallest absolute Gasteiger partial charge is 0.326 e. The number of carboxylic acid groups (broad SMARTS) is 1. The SMILES string of the molecule is CCC(=O)N1CSCC1C(=O)NC(C(=O)O)C1CC1. The highest BCUT2D eigenvalue weighted by Gasteiger charge is 2.40. The van der Waals surface area contributed by atoms with E-state index in [-0.39, 0.29) is 17.7 Å². The van der Waals surface area contributed by atoms with E-state index in [0.717, 1.165) is 12.8 Å². The first-order valence-electron chi connectivity index (χ1n) is 6.45. The summed E-state index contributed by atoms with van der Waals surface area (Å²) in [5, 5.41) is 11.7. The first-order valence-corrected chi connectivity index (χ1v) is 7.60. The predicted molar refractivity (Wildman–Crippen MR) is 70.5 cm³/mol. The van der Waals surface area contributed by atoms with E-state index in [9.17, 15) is 14.4 Å². The second-order valence-corrected chi connectivity index (χ2v) is 5.89. The molecule has 0 radical (unpaired) electrons. The number of hydrogen-bond donors (Lipinski definition) is 2. The van der Waals surface area contributed by atoms with E-state index in [1.165, 1.54) is 16.7 Å². The van der Waals surface area contributed by atoms with Crippen LogP contribution in [-0.2, 0) is 14.4 Å². The third-order valence-electron chi connectivity index (χ3n) is 3.46. The van der Waals surface area contributed by atoms with Gasteiger partial charge in [0.15, 0.2) is 0 Å². The molecule has 0 aromatic carbocycles.